The number of amides is 2. The van der Waals surface area contributed by atoms with Gasteiger partial charge in [-0.05, 0) is 41.8 Å². The van der Waals surface area contributed by atoms with E-state index >= 15 is 0 Å². The summed E-state index contributed by atoms with van der Waals surface area (Å²) < 4.78 is 5.31. The number of hydrogen-bond donors (Lipinski definition) is 0. The van der Waals surface area contributed by atoms with E-state index in [0.717, 1.165) is 0 Å². The molecule has 23 heavy (non-hydrogen) atoms. The molecule has 0 aliphatic carbocycles. The highest BCUT2D eigenvalue weighted by Gasteiger charge is 2.17. The van der Waals surface area contributed by atoms with Gasteiger partial charge in [-0.15, -0.1) is 0 Å². The van der Waals surface area contributed by atoms with Gasteiger partial charge in [0.2, 0.25) is 11.8 Å². The summed E-state index contributed by atoms with van der Waals surface area (Å²) in [5.74, 6) is -0.00996. The predicted octanol–water partition coefficient (Wildman–Crippen LogP) is 0.515. The second kappa shape index (κ2) is 10.6. The van der Waals surface area contributed by atoms with Gasteiger partial charge in [0.1, 0.15) is 6.61 Å². The van der Waals surface area contributed by atoms with Crippen LogP contribution in [0.25, 0.3) is 0 Å². The van der Waals surface area contributed by atoms with Crippen molar-refractivity contribution in [2.24, 2.45) is 0 Å². The van der Waals surface area contributed by atoms with E-state index in [-0.39, 0.29) is 24.5 Å². The molecule has 0 heterocycles. The highest BCUT2D eigenvalue weighted by molar-refractivity contribution is 5.78. The number of nitrogens with zero attached hydrogens (tertiary/aromatic N) is 4. The molecule has 0 radical (unpaired) electrons. The third-order valence-corrected chi connectivity index (χ3v) is 3.56. The monoisotopic (exact) mass is 330 g/mol. The van der Waals surface area contributed by atoms with E-state index in [1.54, 1.807) is 23.9 Å². The van der Waals surface area contributed by atoms with Gasteiger partial charge >= 0.3 is 0 Å². The van der Waals surface area contributed by atoms with E-state index in [2.05, 4.69) is 13.8 Å². The van der Waals surface area contributed by atoms with Crippen molar-refractivity contribution in [3.63, 3.8) is 0 Å². The molecular weight excluding hydrogens is 296 g/mol. The number of carbonyl (C=O) groups excluding carboxylic acids is 2. The van der Waals surface area contributed by atoms with E-state index in [1.807, 2.05) is 37.7 Å². The molecule has 0 bridgehead atoms. The Bertz CT molecular complexity index is 374. The van der Waals surface area contributed by atoms with Crippen molar-refractivity contribution in [3.05, 3.63) is 0 Å². The first-order chi connectivity index (χ1) is 10.5. The van der Waals surface area contributed by atoms with Crippen molar-refractivity contribution in [2.45, 2.75) is 39.8 Å². The van der Waals surface area contributed by atoms with Gasteiger partial charge in [0.15, 0.2) is 0 Å². The van der Waals surface area contributed by atoms with Crippen LogP contribution in [0.4, 0.5) is 0 Å². The molecule has 0 aromatic heterocycles. The van der Waals surface area contributed by atoms with Crippen LogP contribution in [-0.2, 0) is 14.3 Å². The fourth-order valence-corrected chi connectivity index (χ4v) is 1.79. The molecule has 0 aromatic carbocycles. The first-order valence-electron chi connectivity index (χ1n) is 8.02. The highest BCUT2D eigenvalue weighted by atomic mass is 16.5. The van der Waals surface area contributed by atoms with Gasteiger partial charge in [0.25, 0.3) is 0 Å². The summed E-state index contributed by atoms with van der Waals surface area (Å²) in [6.45, 7) is 9.28. The van der Waals surface area contributed by atoms with Gasteiger partial charge in [0.05, 0.1) is 26.0 Å². The van der Waals surface area contributed by atoms with Gasteiger partial charge in [-0.1, -0.05) is 0 Å². The fraction of sp³-hybridized carbons (Fsp3) is 0.875. The number of hydrogen-bond acceptors (Lipinski definition) is 5. The molecule has 0 saturated carbocycles. The maximum Gasteiger partial charge on any atom is 0.249 e. The minimum atomic E-state index is -0.0703. The lowest BCUT2D eigenvalue weighted by Gasteiger charge is -2.30. The molecule has 0 rings (SSSR count). The van der Waals surface area contributed by atoms with Crippen LogP contribution < -0.4 is 0 Å². The van der Waals surface area contributed by atoms with Gasteiger partial charge in [-0.2, -0.15) is 0 Å². The third kappa shape index (κ3) is 9.53. The summed E-state index contributed by atoms with van der Waals surface area (Å²) in [6.07, 6.45) is 0.0341. The SMILES string of the molecule is CC(C)OCC(=O)N(C)CN(C)CN(C)C(=O)CN(C)C(C)C. The summed E-state index contributed by atoms with van der Waals surface area (Å²) in [7, 11) is 7.32. The lowest BCUT2D eigenvalue weighted by atomic mass is 10.3. The zero-order valence-electron chi connectivity index (χ0n) is 16.0. The zero-order chi connectivity index (χ0) is 18.2. The molecule has 0 saturated heterocycles. The van der Waals surface area contributed by atoms with E-state index in [0.29, 0.717) is 25.9 Å². The lowest BCUT2D eigenvalue weighted by Crippen LogP contribution is -2.46. The van der Waals surface area contributed by atoms with Crippen LogP contribution in [0.15, 0.2) is 0 Å². The third-order valence-electron chi connectivity index (χ3n) is 3.56. The summed E-state index contributed by atoms with van der Waals surface area (Å²) in [5, 5.41) is 0. The number of likely N-dealkylation sites (N-methyl/N-ethyl adjacent to an activating group) is 3. The molecule has 7 nitrogen and oxygen atoms in total. The minimum Gasteiger partial charge on any atom is -0.369 e. The van der Waals surface area contributed by atoms with Crippen LogP contribution in [0, 0.1) is 0 Å². The molecular formula is C16H34N4O3. The quantitative estimate of drug-likeness (QED) is 0.547. The predicted molar refractivity (Wildman–Crippen MR) is 91.9 cm³/mol. The fourth-order valence-electron chi connectivity index (χ4n) is 1.79. The maximum absolute atomic E-state index is 12.1. The molecule has 0 atom stereocenters. The Balaban J connectivity index is 4.23. The maximum atomic E-state index is 12.1. The van der Waals surface area contributed by atoms with Crippen LogP contribution in [0.2, 0.25) is 0 Å². The molecule has 0 aromatic rings. The molecule has 0 fully saturated rings. The van der Waals surface area contributed by atoms with Crippen molar-refractivity contribution in [3.8, 4) is 0 Å². The summed E-state index contributed by atoms with van der Waals surface area (Å²) >= 11 is 0. The van der Waals surface area contributed by atoms with Crippen LogP contribution >= 0.6 is 0 Å². The molecule has 0 aliphatic rings. The average molecular weight is 330 g/mol. The smallest absolute Gasteiger partial charge is 0.249 e. The molecule has 7 heteroatoms. The average Bonchev–Trinajstić information content (AvgIpc) is 2.43. The molecule has 0 aliphatic heterocycles. The lowest BCUT2D eigenvalue weighted by molar-refractivity contribution is -0.139. The van der Waals surface area contributed by atoms with E-state index < -0.39 is 0 Å². The van der Waals surface area contributed by atoms with Crippen molar-refractivity contribution >= 4 is 11.8 Å². The Hall–Kier alpha value is -1.18. The van der Waals surface area contributed by atoms with Crippen molar-refractivity contribution in [2.75, 3.05) is 54.7 Å². The second-order valence-corrected chi connectivity index (χ2v) is 6.69. The van der Waals surface area contributed by atoms with Crippen LogP contribution in [0.5, 0.6) is 0 Å². The molecule has 0 N–H and O–H groups in total. The first-order valence-corrected chi connectivity index (χ1v) is 8.02. The molecule has 0 unspecified atom stereocenters. The largest absolute Gasteiger partial charge is 0.369 e. The Kier molecular flexibility index (Phi) is 10.0. The molecule has 136 valence electrons. The summed E-state index contributed by atoms with van der Waals surface area (Å²) in [4.78, 5) is 31.2. The number of rotatable bonds is 10. The van der Waals surface area contributed by atoms with Gasteiger partial charge in [-0.25, -0.2) is 0 Å². The Morgan fingerprint density at radius 3 is 1.78 bits per heavy atom. The van der Waals surface area contributed by atoms with E-state index in [1.165, 1.54) is 0 Å². The Morgan fingerprint density at radius 2 is 1.35 bits per heavy atom. The van der Waals surface area contributed by atoms with Crippen molar-refractivity contribution in [1.82, 2.24) is 19.6 Å². The number of carbonyl (C=O) groups is 2. The van der Waals surface area contributed by atoms with Crippen molar-refractivity contribution < 1.29 is 14.3 Å². The van der Waals surface area contributed by atoms with E-state index in [4.69, 9.17) is 4.74 Å². The Morgan fingerprint density at radius 1 is 0.870 bits per heavy atom. The highest BCUT2D eigenvalue weighted by Crippen LogP contribution is 1.98. The molecule has 0 spiro atoms. The van der Waals surface area contributed by atoms with Crippen LogP contribution in [0.1, 0.15) is 27.7 Å². The van der Waals surface area contributed by atoms with Gasteiger partial charge in [0, 0.05) is 20.1 Å². The van der Waals surface area contributed by atoms with Crippen LogP contribution in [-0.4, -0.2) is 98.2 Å². The first kappa shape index (κ1) is 21.8. The van der Waals surface area contributed by atoms with Gasteiger partial charge in [-0.3, -0.25) is 19.4 Å². The van der Waals surface area contributed by atoms with Gasteiger partial charge < -0.3 is 14.5 Å². The minimum absolute atomic E-state index is 0.0341. The normalized spacial score (nSPS) is 11.7. The standard InChI is InChI=1S/C16H34N4O3/c1-13(2)18(6)9-15(21)19(7)11-17(5)12-20(8)16(22)10-23-14(3)4/h13-14H,9-12H2,1-8H3. The molecule has 2 amide bonds. The van der Waals surface area contributed by atoms with E-state index in [9.17, 15) is 9.59 Å². The summed E-state index contributed by atoms with van der Waals surface area (Å²) in [5.41, 5.74) is 0. The Labute approximate surface area is 141 Å². The number of ether oxygens (including phenoxy) is 1. The second-order valence-electron chi connectivity index (χ2n) is 6.69. The zero-order valence-corrected chi connectivity index (χ0v) is 16.0. The summed E-state index contributed by atoms with van der Waals surface area (Å²) in [6, 6.07) is 0.329. The van der Waals surface area contributed by atoms with Crippen molar-refractivity contribution in [1.29, 1.82) is 0 Å². The topological polar surface area (TPSA) is 56.3 Å². The van der Waals surface area contributed by atoms with Crippen LogP contribution in [0.3, 0.4) is 0 Å².